The van der Waals surface area contributed by atoms with Gasteiger partial charge in [-0.1, -0.05) is 20.3 Å². The smallest absolute Gasteiger partial charge is 0.323 e. The Kier molecular flexibility index (Phi) is 5.72. The fourth-order valence-corrected chi connectivity index (χ4v) is 0.918. The number of nitrogens with two attached hydrogens (primary N) is 1. The first-order chi connectivity index (χ1) is 5.61. The molecule has 0 bridgehead atoms. The van der Waals surface area contributed by atoms with Crippen molar-refractivity contribution in [2.75, 3.05) is 0 Å². The van der Waals surface area contributed by atoms with E-state index in [0.717, 1.165) is 12.8 Å². The molecule has 3 heteroatoms. The van der Waals surface area contributed by atoms with Crippen molar-refractivity contribution in [2.45, 2.75) is 52.2 Å². The molecule has 0 saturated carbocycles. The van der Waals surface area contributed by atoms with Gasteiger partial charge in [0.15, 0.2) is 0 Å². The first kappa shape index (κ1) is 11.4. The minimum Gasteiger partial charge on any atom is -0.462 e. The summed E-state index contributed by atoms with van der Waals surface area (Å²) in [7, 11) is 0. The molecule has 0 aliphatic heterocycles. The summed E-state index contributed by atoms with van der Waals surface area (Å²) in [5.74, 6) is -0.279. The predicted octanol–water partition coefficient (Wildman–Crippen LogP) is 1.46. The second kappa shape index (κ2) is 6.00. The molecule has 0 rings (SSSR count). The molecule has 0 aliphatic carbocycles. The van der Waals surface area contributed by atoms with Gasteiger partial charge in [-0.15, -0.1) is 0 Å². The van der Waals surface area contributed by atoms with Gasteiger partial charge in [0, 0.05) is 0 Å². The van der Waals surface area contributed by atoms with Crippen molar-refractivity contribution in [3.63, 3.8) is 0 Å². The lowest BCUT2D eigenvalue weighted by atomic mass is 10.2. The highest BCUT2D eigenvalue weighted by molar-refractivity contribution is 5.75. The zero-order chi connectivity index (χ0) is 9.56. The second-order valence-corrected chi connectivity index (χ2v) is 3.05. The van der Waals surface area contributed by atoms with Crippen LogP contribution in [0.1, 0.15) is 40.0 Å². The van der Waals surface area contributed by atoms with E-state index in [2.05, 4.69) is 6.92 Å². The van der Waals surface area contributed by atoms with Crippen LogP contribution in [0.5, 0.6) is 0 Å². The van der Waals surface area contributed by atoms with Crippen molar-refractivity contribution in [3.05, 3.63) is 0 Å². The van der Waals surface area contributed by atoms with Crippen molar-refractivity contribution < 1.29 is 9.53 Å². The molecule has 0 heterocycles. The van der Waals surface area contributed by atoms with E-state index in [4.69, 9.17) is 10.5 Å². The lowest BCUT2D eigenvalue weighted by Crippen LogP contribution is -2.33. The van der Waals surface area contributed by atoms with Crippen LogP contribution < -0.4 is 5.73 Å². The predicted molar refractivity (Wildman–Crippen MR) is 48.7 cm³/mol. The summed E-state index contributed by atoms with van der Waals surface area (Å²) in [6, 6.07) is -0.454. The lowest BCUT2D eigenvalue weighted by Gasteiger charge is -2.14. The van der Waals surface area contributed by atoms with Crippen LogP contribution >= 0.6 is 0 Å². The second-order valence-electron chi connectivity index (χ2n) is 3.05. The van der Waals surface area contributed by atoms with Crippen LogP contribution in [0, 0.1) is 0 Å². The summed E-state index contributed by atoms with van der Waals surface area (Å²) in [4.78, 5) is 11.1. The highest BCUT2D eigenvalue weighted by atomic mass is 16.5. The summed E-state index contributed by atoms with van der Waals surface area (Å²) in [6.45, 7) is 5.82. The molecule has 0 aromatic rings. The normalized spacial score (nSPS) is 15.3. The number of hydrogen-bond acceptors (Lipinski definition) is 3. The maximum atomic E-state index is 11.1. The van der Waals surface area contributed by atoms with Crippen molar-refractivity contribution in [1.82, 2.24) is 0 Å². The fourth-order valence-electron chi connectivity index (χ4n) is 0.918. The van der Waals surface area contributed by atoms with E-state index < -0.39 is 6.04 Å². The third-order valence-corrected chi connectivity index (χ3v) is 1.76. The average molecular weight is 173 g/mol. The highest BCUT2D eigenvalue weighted by Gasteiger charge is 2.14. The Labute approximate surface area is 74.3 Å². The highest BCUT2D eigenvalue weighted by Crippen LogP contribution is 2.02. The van der Waals surface area contributed by atoms with Crippen LogP contribution in [0.25, 0.3) is 0 Å². The average Bonchev–Trinajstić information content (AvgIpc) is 2.03. The SMILES string of the molecule is CCCC(C)OC(=O)[C@@H](N)CC. The molecule has 0 fully saturated rings. The van der Waals surface area contributed by atoms with E-state index >= 15 is 0 Å². The van der Waals surface area contributed by atoms with Crippen molar-refractivity contribution in [1.29, 1.82) is 0 Å². The zero-order valence-electron chi connectivity index (χ0n) is 8.17. The molecule has 0 aliphatic rings. The molecule has 12 heavy (non-hydrogen) atoms. The van der Waals surface area contributed by atoms with Crippen LogP contribution in [0.4, 0.5) is 0 Å². The number of esters is 1. The van der Waals surface area contributed by atoms with E-state index in [-0.39, 0.29) is 12.1 Å². The molecule has 2 N–H and O–H groups in total. The molecule has 0 spiro atoms. The molecule has 2 atom stereocenters. The van der Waals surface area contributed by atoms with Gasteiger partial charge < -0.3 is 10.5 Å². The summed E-state index contributed by atoms with van der Waals surface area (Å²) >= 11 is 0. The molecular formula is C9H19NO2. The van der Waals surface area contributed by atoms with Gasteiger partial charge in [-0.25, -0.2) is 0 Å². The summed E-state index contributed by atoms with van der Waals surface area (Å²) in [6.07, 6.45) is 2.57. The van der Waals surface area contributed by atoms with E-state index in [1.165, 1.54) is 0 Å². The quantitative estimate of drug-likeness (QED) is 0.640. The van der Waals surface area contributed by atoms with Crippen LogP contribution in [-0.4, -0.2) is 18.1 Å². The lowest BCUT2D eigenvalue weighted by molar-refractivity contribution is -0.150. The van der Waals surface area contributed by atoms with Gasteiger partial charge >= 0.3 is 5.97 Å². The number of carbonyl (C=O) groups excluding carboxylic acids is 1. The Morgan fingerprint density at radius 3 is 2.50 bits per heavy atom. The largest absolute Gasteiger partial charge is 0.462 e. The Morgan fingerprint density at radius 2 is 2.08 bits per heavy atom. The van der Waals surface area contributed by atoms with Crippen LogP contribution in [0.3, 0.4) is 0 Å². The molecule has 0 radical (unpaired) electrons. The Hall–Kier alpha value is -0.570. The summed E-state index contributed by atoms with van der Waals surface area (Å²) < 4.78 is 5.08. The van der Waals surface area contributed by atoms with Crippen LogP contribution in [-0.2, 0) is 9.53 Å². The number of rotatable bonds is 5. The molecule has 0 aromatic carbocycles. The van der Waals surface area contributed by atoms with Crippen molar-refractivity contribution in [2.24, 2.45) is 5.73 Å². The van der Waals surface area contributed by atoms with Gasteiger partial charge in [-0.2, -0.15) is 0 Å². The zero-order valence-corrected chi connectivity index (χ0v) is 8.17. The molecule has 0 saturated heterocycles. The molecule has 0 aromatic heterocycles. The maximum absolute atomic E-state index is 11.1. The molecule has 72 valence electrons. The number of ether oxygens (including phenoxy) is 1. The Balaban J connectivity index is 3.67. The van der Waals surface area contributed by atoms with Gasteiger partial charge in [-0.05, 0) is 19.8 Å². The standard InChI is InChI=1S/C9H19NO2/c1-4-6-7(3)12-9(11)8(10)5-2/h7-8H,4-6,10H2,1-3H3/t7?,8-/m0/s1. The topological polar surface area (TPSA) is 52.3 Å². The van der Waals surface area contributed by atoms with E-state index in [1.807, 2.05) is 13.8 Å². The van der Waals surface area contributed by atoms with Gasteiger partial charge in [0.2, 0.25) is 0 Å². The van der Waals surface area contributed by atoms with E-state index in [1.54, 1.807) is 0 Å². The molecule has 3 nitrogen and oxygen atoms in total. The van der Waals surface area contributed by atoms with Gasteiger partial charge in [0.1, 0.15) is 6.04 Å². The monoisotopic (exact) mass is 173 g/mol. The maximum Gasteiger partial charge on any atom is 0.323 e. The van der Waals surface area contributed by atoms with Gasteiger partial charge in [0.05, 0.1) is 6.10 Å². The minimum atomic E-state index is -0.454. The van der Waals surface area contributed by atoms with Gasteiger partial charge in [-0.3, -0.25) is 4.79 Å². The molecule has 1 unspecified atom stereocenters. The summed E-state index contributed by atoms with van der Waals surface area (Å²) in [5, 5.41) is 0. The Morgan fingerprint density at radius 1 is 1.50 bits per heavy atom. The van der Waals surface area contributed by atoms with Crippen LogP contribution in [0.2, 0.25) is 0 Å². The number of carbonyl (C=O) groups is 1. The number of hydrogen-bond donors (Lipinski definition) is 1. The van der Waals surface area contributed by atoms with Crippen molar-refractivity contribution in [3.8, 4) is 0 Å². The molecule has 0 amide bonds. The first-order valence-electron chi connectivity index (χ1n) is 4.57. The van der Waals surface area contributed by atoms with E-state index in [9.17, 15) is 4.79 Å². The minimum absolute atomic E-state index is 0.0000926. The van der Waals surface area contributed by atoms with Crippen LogP contribution in [0.15, 0.2) is 0 Å². The first-order valence-corrected chi connectivity index (χ1v) is 4.57. The van der Waals surface area contributed by atoms with Gasteiger partial charge in [0.25, 0.3) is 0 Å². The molecular weight excluding hydrogens is 154 g/mol. The van der Waals surface area contributed by atoms with E-state index in [0.29, 0.717) is 6.42 Å². The van der Waals surface area contributed by atoms with Crippen molar-refractivity contribution >= 4 is 5.97 Å². The summed E-state index contributed by atoms with van der Waals surface area (Å²) in [5.41, 5.74) is 5.49. The third-order valence-electron chi connectivity index (χ3n) is 1.76. The third kappa shape index (κ3) is 4.34. The Bertz CT molecular complexity index is 136. The fraction of sp³-hybridized carbons (Fsp3) is 0.889.